The zero-order valence-electron chi connectivity index (χ0n) is 10.6. The molecule has 20 heavy (non-hydrogen) atoms. The Morgan fingerprint density at radius 1 is 0.900 bits per heavy atom. The first-order valence-corrected chi connectivity index (χ1v) is 5.88. The van der Waals surface area contributed by atoms with Crippen molar-refractivity contribution < 1.29 is 9.59 Å². The quantitative estimate of drug-likeness (QED) is 0.640. The van der Waals surface area contributed by atoms with Gasteiger partial charge < -0.3 is 22.1 Å². The summed E-state index contributed by atoms with van der Waals surface area (Å²) in [6.07, 6.45) is 0. The van der Waals surface area contributed by atoms with Gasteiger partial charge in [-0.05, 0) is 36.4 Å². The van der Waals surface area contributed by atoms with Crippen molar-refractivity contribution in [2.75, 3.05) is 16.4 Å². The Labute approximate surface area is 115 Å². The minimum Gasteiger partial charge on any atom is -0.399 e. The molecule has 0 aromatic heterocycles. The van der Waals surface area contributed by atoms with E-state index in [9.17, 15) is 9.59 Å². The molecule has 6 heteroatoms. The summed E-state index contributed by atoms with van der Waals surface area (Å²) < 4.78 is 0. The summed E-state index contributed by atoms with van der Waals surface area (Å²) in [6.45, 7) is 0. The van der Waals surface area contributed by atoms with Crippen LogP contribution in [0.25, 0.3) is 0 Å². The summed E-state index contributed by atoms with van der Waals surface area (Å²) in [6, 6.07) is 12.7. The summed E-state index contributed by atoms with van der Waals surface area (Å²) in [5.41, 5.74) is 12.7. The molecule has 0 saturated carbocycles. The summed E-state index contributed by atoms with van der Waals surface area (Å²) in [5, 5.41) is 5.15. The maximum Gasteiger partial charge on any atom is 0.316 e. The van der Waals surface area contributed by atoms with Crippen LogP contribution in [0.3, 0.4) is 0 Å². The maximum atomic E-state index is 12.0. The van der Waals surface area contributed by atoms with E-state index in [-0.39, 0.29) is 5.91 Å². The van der Waals surface area contributed by atoms with Gasteiger partial charge in [0.05, 0.1) is 0 Å². The molecule has 6 N–H and O–H groups in total. The van der Waals surface area contributed by atoms with Crippen LogP contribution < -0.4 is 22.1 Å². The van der Waals surface area contributed by atoms with Crippen molar-refractivity contribution in [3.05, 3.63) is 54.1 Å². The van der Waals surface area contributed by atoms with Crippen LogP contribution in [0.5, 0.6) is 0 Å². The molecule has 0 heterocycles. The molecule has 2 rings (SSSR count). The first-order valence-electron chi connectivity index (χ1n) is 5.88. The highest BCUT2D eigenvalue weighted by atomic mass is 16.2. The van der Waals surface area contributed by atoms with Crippen molar-refractivity contribution in [3.8, 4) is 0 Å². The molecule has 0 aliphatic carbocycles. The van der Waals surface area contributed by atoms with Gasteiger partial charge in [0.25, 0.3) is 5.91 Å². The standard InChI is InChI=1S/C14H14N4O2/c15-10-4-1-3-9(7-10)13(19)17-11-5-2-6-12(8-11)18-14(16)20/h1-8H,15H2,(H,17,19)(H3,16,18,20). The summed E-state index contributed by atoms with van der Waals surface area (Å²) in [4.78, 5) is 22.8. The maximum absolute atomic E-state index is 12.0. The normalized spacial score (nSPS) is 9.80. The van der Waals surface area contributed by atoms with E-state index in [1.54, 1.807) is 48.5 Å². The zero-order valence-corrected chi connectivity index (χ0v) is 10.6. The molecule has 0 unspecified atom stereocenters. The number of anilines is 3. The molecule has 0 aliphatic rings. The topological polar surface area (TPSA) is 110 Å². The number of nitrogens with two attached hydrogens (primary N) is 2. The Hall–Kier alpha value is -3.02. The van der Waals surface area contributed by atoms with Gasteiger partial charge in [-0.25, -0.2) is 4.79 Å². The summed E-state index contributed by atoms with van der Waals surface area (Å²) in [5.74, 6) is -0.284. The highest BCUT2D eigenvalue weighted by Gasteiger charge is 2.06. The fourth-order valence-corrected chi connectivity index (χ4v) is 1.70. The lowest BCUT2D eigenvalue weighted by Gasteiger charge is -2.08. The van der Waals surface area contributed by atoms with Gasteiger partial charge in [-0.2, -0.15) is 0 Å². The van der Waals surface area contributed by atoms with Crippen molar-refractivity contribution in [1.82, 2.24) is 0 Å². The van der Waals surface area contributed by atoms with E-state index in [0.29, 0.717) is 22.6 Å². The predicted molar refractivity (Wildman–Crippen MR) is 78.5 cm³/mol. The number of urea groups is 1. The number of hydrogen-bond acceptors (Lipinski definition) is 3. The number of nitrogen functional groups attached to an aromatic ring is 1. The Morgan fingerprint density at radius 3 is 2.20 bits per heavy atom. The molecule has 6 nitrogen and oxygen atoms in total. The lowest BCUT2D eigenvalue weighted by molar-refractivity contribution is 0.102. The van der Waals surface area contributed by atoms with Gasteiger partial charge in [0.1, 0.15) is 0 Å². The van der Waals surface area contributed by atoms with E-state index >= 15 is 0 Å². The first kappa shape index (κ1) is 13.4. The van der Waals surface area contributed by atoms with Crippen LogP contribution in [-0.4, -0.2) is 11.9 Å². The predicted octanol–water partition coefficient (Wildman–Crippen LogP) is 2.01. The molecule has 2 aromatic rings. The van der Waals surface area contributed by atoms with Gasteiger partial charge in [-0.1, -0.05) is 12.1 Å². The number of hydrogen-bond donors (Lipinski definition) is 4. The van der Waals surface area contributed by atoms with Crippen LogP contribution in [0.15, 0.2) is 48.5 Å². The van der Waals surface area contributed by atoms with Crippen molar-refractivity contribution in [3.63, 3.8) is 0 Å². The highest BCUT2D eigenvalue weighted by molar-refractivity contribution is 6.05. The number of primary amides is 1. The lowest BCUT2D eigenvalue weighted by atomic mass is 10.2. The Kier molecular flexibility index (Phi) is 3.85. The van der Waals surface area contributed by atoms with Crippen LogP contribution in [-0.2, 0) is 0 Å². The van der Waals surface area contributed by atoms with E-state index in [1.807, 2.05) is 0 Å². The summed E-state index contributed by atoms with van der Waals surface area (Å²) in [7, 11) is 0. The molecular weight excluding hydrogens is 256 g/mol. The minimum atomic E-state index is -0.663. The molecule has 2 aromatic carbocycles. The molecule has 0 bridgehead atoms. The molecule has 3 amide bonds. The van der Waals surface area contributed by atoms with Gasteiger partial charge in [-0.15, -0.1) is 0 Å². The van der Waals surface area contributed by atoms with Crippen molar-refractivity contribution in [2.24, 2.45) is 5.73 Å². The van der Waals surface area contributed by atoms with E-state index in [4.69, 9.17) is 11.5 Å². The van der Waals surface area contributed by atoms with Crippen LogP contribution in [0, 0.1) is 0 Å². The van der Waals surface area contributed by atoms with Crippen molar-refractivity contribution in [2.45, 2.75) is 0 Å². The number of nitrogens with one attached hydrogen (secondary N) is 2. The molecule has 0 fully saturated rings. The van der Waals surface area contributed by atoms with Crippen LogP contribution in [0.4, 0.5) is 21.9 Å². The molecule has 0 saturated heterocycles. The Morgan fingerprint density at radius 2 is 1.55 bits per heavy atom. The number of carbonyl (C=O) groups excluding carboxylic acids is 2. The minimum absolute atomic E-state index is 0.284. The van der Waals surface area contributed by atoms with Gasteiger partial charge in [-0.3, -0.25) is 4.79 Å². The zero-order chi connectivity index (χ0) is 14.5. The van der Waals surface area contributed by atoms with E-state index in [1.165, 1.54) is 0 Å². The third kappa shape index (κ3) is 3.49. The van der Waals surface area contributed by atoms with Gasteiger partial charge >= 0.3 is 6.03 Å². The molecule has 0 aliphatic heterocycles. The summed E-state index contributed by atoms with van der Waals surface area (Å²) >= 11 is 0. The largest absolute Gasteiger partial charge is 0.399 e. The fraction of sp³-hybridized carbons (Fsp3) is 0. The van der Waals surface area contributed by atoms with Crippen LogP contribution in [0.2, 0.25) is 0 Å². The average molecular weight is 270 g/mol. The fourth-order valence-electron chi connectivity index (χ4n) is 1.70. The van der Waals surface area contributed by atoms with Gasteiger partial charge in [0.2, 0.25) is 0 Å². The van der Waals surface area contributed by atoms with Crippen molar-refractivity contribution in [1.29, 1.82) is 0 Å². The van der Waals surface area contributed by atoms with E-state index in [0.717, 1.165) is 0 Å². The molecule has 0 spiro atoms. The van der Waals surface area contributed by atoms with Crippen LogP contribution >= 0.6 is 0 Å². The second-order valence-corrected chi connectivity index (χ2v) is 4.15. The Bertz CT molecular complexity index is 655. The second kappa shape index (κ2) is 5.75. The molecule has 102 valence electrons. The van der Waals surface area contributed by atoms with Gasteiger partial charge in [0.15, 0.2) is 0 Å². The first-order chi connectivity index (χ1) is 9.54. The van der Waals surface area contributed by atoms with Crippen molar-refractivity contribution >= 4 is 29.0 Å². The second-order valence-electron chi connectivity index (χ2n) is 4.15. The third-order valence-corrected chi connectivity index (χ3v) is 2.54. The number of amides is 3. The monoisotopic (exact) mass is 270 g/mol. The molecule has 0 atom stereocenters. The number of carbonyl (C=O) groups is 2. The number of benzene rings is 2. The van der Waals surface area contributed by atoms with E-state index < -0.39 is 6.03 Å². The third-order valence-electron chi connectivity index (χ3n) is 2.54. The SMILES string of the molecule is NC(=O)Nc1cccc(NC(=O)c2cccc(N)c2)c1. The lowest BCUT2D eigenvalue weighted by Crippen LogP contribution is -2.19. The highest BCUT2D eigenvalue weighted by Crippen LogP contribution is 2.16. The van der Waals surface area contributed by atoms with Gasteiger partial charge in [0, 0.05) is 22.6 Å². The average Bonchev–Trinajstić information content (AvgIpc) is 2.38. The Balaban J connectivity index is 2.13. The molecular formula is C14H14N4O2. The van der Waals surface area contributed by atoms with Crippen LogP contribution in [0.1, 0.15) is 10.4 Å². The van der Waals surface area contributed by atoms with E-state index in [2.05, 4.69) is 10.6 Å². The number of rotatable bonds is 3. The molecule has 0 radical (unpaired) electrons. The smallest absolute Gasteiger partial charge is 0.316 e.